The predicted molar refractivity (Wildman–Crippen MR) is 50.1 cm³/mol. The van der Waals surface area contributed by atoms with Gasteiger partial charge < -0.3 is 5.11 Å². The molecule has 0 fully saturated rings. The van der Waals surface area contributed by atoms with Gasteiger partial charge in [0.1, 0.15) is 0 Å². The number of carboxylic acid groups (broad SMARTS) is 1. The number of carbonyl (C=O) groups is 1. The van der Waals surface area contributed by atoms with Gasteiger partial charge in [0, 0.05) is 11.1 Å². The highest BCUT2D eigenvalue weighted by atomic mass is 32.2. The van der Waals surface area contributed by atoms with Crippen LogP contribution >= 0.6 is 23.1 Å². The van der Waals surface area contributed by atoms with Crippen LogP contribution in [0.3, 0.4) is 0 Å². The van der Waals surface area contributed by atoms with Gasteiger partial charge in [-0.05, 0) is 6.42 Å². The summed E-state index contributed by atoms with van der Waals surface area (Å²) in [5, 5.41) is 10.1. The summed E-state index contributed by atoms with van der Waals surface area (Å²) < 4.78 is 0.842. The van der Waals surface area contributed by atoms with Crippen LogP contribution in [-0.2, 0) is 0 Å². The van der Waals surface area contributed by atoms with Crippen molar-refractivity contribution in [2.45, 2.75) is 17.7 Å². The molecule has 0 aliphatic rings. The Morgan fingerprint density at radius 3 is 3.08 bits per heavy atom. The third kappa shape index (κ3) is 2.49. The summed E-state index contributed by atoms with van der Waals surface area (Å²) >= 11 is 2.99. The van der Waals surface area contributed by atoms with Gasteiger partial charge in [-0.2, -0.15) is 0 Å². The van der Waals surface area contributed by atoms with E-state index in [0.717, 1.165) is 16.5 Å². The number of aromatic nitrogens is 1. The van der Waals surface area contributed by atoms with E-state index in [0.29, 0.717) is 0 Å². The van der Waals surface area contributed by atoms with E-state index in [1.807, 2.05) is 0 Å². The van der Waals surface area contributed by atoms with Crippen LogP contribution in [0.4, 0.5) is 0 Å². The molecule has 0 aromatic carbocycles. The first-order chi connectivity index (χ1) is 5.74. The Hall–Kier alpha value is -0.550. The number of hydrogen-bond donors (Lipinski definition) is 1. The molecule has 1 aromatic rings. The van der Waals surface area contributed by atoms with Crippen molar-refractivity contribution in [3.05, 3.63) is 11.1 Å². The molecule has 1 N–H and O–H groups in total. The molecular weight excluding hydrogens is 194 g/mol. The summed E-state index contributed by atoms with van der Waals surface area (Å²) in [6, 6.07) is 0. The molecule has 1 aromatic heterocycles. The Morgan fingerprint density at radius 2 is 2.58 bits per heavy atom. The smallest absolute Gasteiger partial charge is 0.355 e. The van der Waals surface area contributed by atoms with Crippen molar-refractivity contribution in [2.75, 3.05) is 5.75 Å². The van der Waals surface area contributed by atoms with E-state index in [9.17, 15) is 4.79 Å². The maximum atomic E-state index is 10.4. The molecular formula is C7H9NO2S2. The lowest BCUT2D eigenvalue weighted by molar-refractivity contribution is 0.0691. The Kier molecular flexibility index (Phi) is 3.55. The second kappa shape index (κ2) is 4.47. The molecule has 0 spiro atoms. The van der Waals surface area contributed by atoms with Crippen LogP contribution in [0.2, 0.25) is 0 Å². The molecule has 0 saturated carbocycles. The molecule has 12 heavy (non-hydrogen) atoms. The molecule has 0 bridgehead atoms. The lowest BCUT2D eigenvalue weighted by Gasteiger charge is -1.90. The number of nitrogens with zero attached hydrogens (tertiary/aromatic N) is 1. The standard InChI is InChI=1S/C7H9NO2S2/c1-2-3-11-7-8-5(4-12-7)6(9)10/h4H,2-3H2,1H3,(H,9,10). The van der Waals surface area contributed by atoms with Gasteiger partial charge in [-0.3, -0.25) is 0 Å². The Morgan fingerprint density at radius 1 is 1.83 bits per heavy atom. The zero-order chi connectivity index (χ0) is 8.97. The molecule has 66 valence electrons. The van der Waals surface area contributed by atoms with Gasteiger partial charge in [0.15, 0.2) is 10.0 Å². The van der Waals surface area contributed by atoms with Gasteiger partial charge in [-0.1, -0.05) is 18.7 Å². The first-order valence-corrected chi connectivity index (χ1v) is 5.42. The number of hydrogen-bond acceptors (Lipinski definition) is 4. The van der Waals surface area contributed by atoms with E-state index < -0.39 is 5.97 Å². The molecule has 0 aliphatic carbocycles. The molecule has 0 atom stereocenters. The Labute approximate surface area is 78.8 Å². The number of aromatic carboxylic acids is 1. The van der Waals surface area contributed by atoms with Crippen LogP contribution in [0.5, 0.6) is 0 Å². The second-order valence-electron chi connectivity index (χ2n) is 2.15. The van der Waals surface area contributed by atoms with E-state index in [-0.39, 0.29) is 5.69 Å². The van der Waals surface area contributed by atoms with Crippen molar-refractivity contribution in [2.24, 2.45) is 0 Å². The van der Waals surface area contributed by atoms with Gasteiger partial charge in [0.2, 0.25) is 0 Å². The van der Waals surface area contributed by atoms with Crippen molar-refractivity contribution in [3.63, 3.8) is 0 Å². The first-order valence-electron chi connectivity index (χ1n) is 3.55. The quantitative estimate of drug-likeness (QED) is 0.763. The highest BCUT2D eigenvalue weighted by molar-refractivity contribution is 8.00. The van der Waals surface area contributed by atoms with Crippen LogP contribution in [0, 0.1) is 0 Å². The van der Waals surface area contributed by atoms with Crippen molar-refractivity contribution >= 4 is 29.1 Å². The van der Waals surface area contributed by atoms with Crippen LogP contribution < -0.4 is 0 Å². The third-order valence-corrected chi connectivity index (χ3v) is 3.36. The van der Waals surface area contributed by atoms with Gasteiger partial charge in [0.25, 0.3) is 0 Å². The highest BCUT2D eigenvalue weighted by Gasteiger charge is 2.07. The molecule has 0 radical (unpaired) electrons. The number of thioether (sulfide) groups is 1. The highest BCUT2D eigenvalue weighted by Crippen LogP contribution is 2.22. The maximum absolute atomic E-state index is 10.4. The molecule has 1 heterocycles. The van der Waals surface area contributed by atoms with E-state index in [2.05, 4.69) is 11.9 Å². The van der Waals surface area contributed by atoms with Gasteiger partial charge in [-0.25, -0.2) is 9.78 Å². The lowest BCUT2D eigenvalue weighted by atomic mass is 10.5. The summed E-state index contributed by atoms with van der Waals surface area (Å²) in [6.45, 7) is 2.08. The van der Waals surface area contributed by atoms with Crippen LogP contribution in [0.1, 0.15) is 23.8 Å². The molecule has 3 nitrogen and oxygen atoms in total. The molecule has 0 unspecified atom stereocenters. The second-order valence-corrected chi connectivity index (χ2v) is 4.35. The molecule has 0 amide bonds. The summed E-state index contributed by atoms with van der Waals surface area (Å²) in [6.07, 6.45) is 1.08. The van der Waals surface area contributed by atoms with Crippen molar-refractivity contribution in [1.29, 1.82) is 0 Å². The van der Waals surface area contributed by atoms with Crippen LogP contribution in [0.15, 0.2) is 9.72 Å². The van der Waals surface area contributed by atoms with Crippen LogP contribution in [-0.4, -0.2) is 21.8 Å². The number of carboxylic acids is 1. The van der Waals surface area contributed by atoms with E-state index in [1.165, 1.54) is 11.3 Å². The van der Waals surface area contributed by atoms with E-state index in [4.69, 9.17) is 5.11 Å². The van der Waals surface area contributed by atoms with E-state index >= 15 is 0 Å². The van der Waals surface area contributed by atoms with Crippen molar-refractivity contribution < 1.29 is 9.90 Å². The SMILES string of the molecule is CCCSc1nc(C(=O)O)cs1. The number of thiazole rings is 1. The fraction of sp³-hybridized carbons (Fsp3) is 0.429. The van der Waals surface area contributed by atoms with Gasteiger partial charge in [0.05, 0.1) is 0 Å². The Bertz CT molecular complexity index is 272. The zero-order valence-corrected chi connectivity index (χ0v) is 8.24. The zero-order valence-electron chi connectivity index (χ0n) is 6.61. The summed E-state index contributed by atoms with van der Waals surface area (Å²) in [5.74, 6) is 0.0432. The third-order valence-electron chi connectivity index (χ3n) is 1.13. The van der Waals surface area contributed by atoms with Crippen molar-refractivity contribution in [1.82, 2.24) is 4.98 Å². The van der Waals surface area contributed by atoms with Crippen LogP contribution in [0.25, 0.3) is 0 Å². The summed E-state index contributed by atoms with van der Waals surface area (Å²) in [4.78, 5) is 14.4. The summed E-state index contributed by atoms with van der Waals surface area (Å²) in [7, 11) is 0. The molecule has 5 heteroatoms. The average Bonchev–Trinajstić information content (AvgIpc) is 2.48. The largest absolute Gasteiger partial charge is 0.476 e. The fourth-order valence-electron chi connectivity index (χ4n) is 0.611. The minimum atomic E-state index is -0.949. The first kappa shape index (κ1) is 9.54. The molecule has 0 saturated heterocycles. The Balaban J connectivity index is 2.58. The monoisotopic (exact) mass is 203 g/mol. The lowest BCUT2D eigenvalue weighted by Crippen LogP contribution is -1.95. The van der Waals surface area contributed by atoms with Gasteiger partial charge in [-0.15, -0.1) is 11.3 Å². The van der Waals surface area contributed by atoms with E-state index in [1.54, 1.807) is 17.1 Å². The maximum Gasteiger partial charge on any atom is 0.355 e. The normalized spacial score (nSPS) is 10.1. The summed E-state index contributed by atoms with van der Waals surface area (Å²) in [5.41, 5.74) is 0.151. The van der Waals surface area contributed by atoms with Gasteiger partial charge >= 0.3 is 5.97 Å². The molecule has 0 aliphatic heterocycles. The average molecular weight is 203 g/mol. The predicted octanol–water partition coefficient (Wildman–Crippen LogP) is 2.34. The van der Waals surface area contributed by atoms with Crippen molar-refractivity contribution in [3.8, 4) is 0 Å². The minimum Gasteiger partial charge on any atom is -0.476 e. The number of rotatable bonds is 4. The minimum absolute atomic E-state index is 0.151. The fourth-order valence-corrected chi connectivity index (χ4v) is 2.34. The molecule has 1 rings (SSSR count). The topological polar surface area (TPSA) is 50.2 Å².